The van der Waals surface area contributed by atoms with Crippen LogP contribution in [-0.2, 0) is 12.8 Å². The first kappa shape index (κ1) is 26.1. The smallest absolute Gasteiger partial charge is 0.333 e. The number of anilines is 1. The van der Waals surface area contributed by atoms with Crippen molar-refractivity contribution in [1.29, 1.82) is 0 Å². The number of benzene rings is 2. The van der Waals surface area contributed by atoms with Gasteiger partial charge in [-0.2, -0.15) is 27.1 Å². The van der Waals surface area contributed by atoms with Gasteiger partial charge in [-0.1, -0.05) is 48.5 Å². The van der Waals surface area contributed by atoms with Gasteiger partial charge in [0.05, 0.1) is 17.4 Å². The normalized spacial score (nSPS) is 19.9. The molecule has 1 aliphatic carbocycles. The Kier molecular flexibility index (Phi) is 7.13. The quantitative estimate of drug-likeness (QED) is 0.392. The van der Waals surface area contributed by atoms with Gasteiger partial charge < -0.3 is 10.2 Å². The number of carbonyl (C=O) groups is 1. The van der Waals surface area contributed by atoms with Crippen LogP contribution in [0.1, 0.15) is 35.6 Å². The van der Waals surface area contributed by atoms with Gasteiger partial charge in [0, 0.05) is 37.5 Å². The molecular formula is C27H28F5N5O. The van der Waals surface area contributed by atoms with E-state index in [1.807, 2.05) is 60.7 Å². The van der Waals surface area contributed by atoms with Crippen LogP contribution >= 0.6 is 0 Å². The Hall–Kier alpha value is -3.47. The molecule has 2 atom stereocenters. The van der Waals surface area contributed by atoms with Gasteiger partial charge in [-0.15, -0.1) is 0 Å². The Bertz CT molecular complexity index is 1260. The summed E-state index contributed by atoms with van der Waals surface area (Å²) in [5.74, 6) is -4.46. The molecule has 6 nitrogen and oxygen atoms in total. The zero-order chi connectivity index (χ0) is 26.9. The standard InChI is InChI=1S/C27H28F5N5O/c28-26(29,27(30,31)32)14-15-36-16-21(18-8-3-1-4-9-18)23(17-36)33-25(38)34-24-20-12-7-13-22(20)35-37(24)19-10-5-2-6-11-19/h1-6,8-11,21,23H,7,12-17H2,(H2,33,34,38)/t21-,23+/m0/s1. The second-order valence-corrected chi connectivity index (χ2v) is 9.81. The van der Waals surface area contributed by atoms with E-state index in [1.165, 1.54) is 0 Å². The molecular weight excluding hydrogens is 505 g/mol. The SMILES string of the molecule is O=C(Nc1c2c(nn1-c1ccccc1)CCC2)N[C@@H]1CN(CCC(F)(F)C(F)(F)F)C[C@H]1c1ccccc1. The largest absolute Gasteiger partial charge is 0.453 e. The summed E-state index contributed by atoms with van der Waals surface area (Å²) < 4.78 is 66.9. The first-order valence-electron chi connectivity index (χ1n) is 12.6. The molecule has 2 heterocycles. The van der Waals surface area contributed by atoms with Crippen LogP contribution in [0, 0.1) is 0 Å². The van der Waals surface area contributed by atoms with E-state index in [-0.39, 0.29) is 19.0 Å². The number of fused-ring (bicyclic) bond motifs is 1. The molecule has 0 saturated carbocycles. The number of nitrogens with one attached hydrogen (secondary N) is 2. The molecule has 2 amide bonds. The van der Waals surface area contributed by atoms with Crippen molar-refractivity contribution in [3.63, 3.8) is 0 Å². The molecule has 202 valence electrons. The van der Waals surface area contributed by atoms with Crippen LogP contribution in [0.2, 0.25) is 0 Å². The topological polar surface area (TPSA) is 62.2 Å². The number of urea groups is 1. The lowest BCUT2D eigenvalue weighted by atomic mass is 9.94. The summed E-state index contributed by atoms with van der Waals surface area (Å²) in [7, 11) is 0. The minimum Gasteiger partial charge on any atom is -0.333 e. The van der Waals surface area contributed by atoms with Crippen LogP contribution in [0.5, 0.6) is 0 Å². The first-order chi connectivity index (χ1) is 18.1. The lowest BCUT2D eigenvalue weighted by molar-refractivity contribution is -0.284. The summed E-state index contributed by atoms with van der Waals surface area (Å²) in [6.45, 7) is -0.0405. The Morgan fingerprint density at radius 3 is 2.32 bits per heavy atom. The van der Waals surface area contributed by atoms with Gasteiger partial charge in [0.1, 0.15) is 5.82 Å². The number of para-hydroxylation sites is 1. The molecule has 1 aromatic heterocycles. The lowest BCUT2D eigenvalue weighted by Crippen LogP contribution is -2.43. The number of carbonyl (C=O) groups excluding carboxylic acids is 1. The number of alkyl halides is 5. The number of hydrogen-bond donors (Lipinski definition) is 2. The highest BCUT2D eigenvalue weighted by molar-refractivity contribution is 5.90. The van der Waals surface area contributed by atoms with Gasteiger partial charge in [-0.25, -0.2) is 9.48 Å². The second-order valence-electron chi connectivity index (χ2n) is 9.81. The molecule has 11 heteroatoms. The molecule has 2 N–H and O–H groups in total. The van der Waals surface area contributed by atoms with E-state index in [4.69, 9.17) is 5.10 Å². The average Bonchev–Trinajstić information content (AvgIpc) is 3.59. The minimum absolute atomic E-state index is 0.150. The molecule has 0 bridgehead atoms. The molecule has 3 aromatic rings. The molecule has 1 fully saturated rings. The van der Waals surface area contributed by atoms with Gasteiger partial charge in [0.15, 0.2) is 0 Å². The highest BCUT2D eigenvalue weighted by Crippen LogP contribution is 2.39. The monoisotopic (exact) mass is 533 g/mol. The Morgan fingerprint density at radius 1 is 0.947 bits per heavy atom. The highest BCUT2D eigenvalue weighted by atomic mass is 19.4. The Labute approximate surface area is 216 Å². The van der Waals surface area contributed by atoms with Gasteiger partial charge in [0.2, 0.25) is 0 Å². The summed E-state index contributed by atoms with van der Waals surface area (Å²) >= 11 is 0. The minimum atomic E-state index is -5.59. The van der Waals surface area contributed by atoms with E-state index in [0.29, 0.717) is 5.82 Å². The molecule has 2 aromatic carbocycles. The molecule has 1 aliphatic heterocycles. The zero-order valence-electron chi connectivity index (χ0n) is 20.5. The average molecular weight is 534 g/mol. The summed E-state index contributed by atoms with van der Waals surface area (Å²) in [5.41, 5.74) is 3.59. The van der Waals surface area contributed by atoms with E-state index >= 15 is 0 Å². The fourth-order valence-electron chi connectivity index (χ4n) is 5.28. The van der Waals surface area contributed by atoms with Crippen molar-refractivity contribution in [2.24, 2.45) is 0 Å². The molecule has 38 heavy (non-hydrogen) atoms. The van der Waals surface area contributed by atoms with E-state index in [1.54, 1.807) is 9.58 Å². The van der Waals surface area contributed by atoms with Gasteiger partial charge in [0.25, 0.3) is 0 Å². The van der Waals surface area contributed by atoms with Crippen molar-refractivity contribution in [2.75, 3.05) is 25.0 Å². The summed E-state index contributed by atoms with van der Waals surface area (Å²) in [6.07, 6.45) is -4.37. The number of likely N-dealkylation sites (tertiary alicyclic amines) is 1. The van der Waals surface area contributed by atoms with Crippen molar-refractivity contribution in [3.05, 3.63) is 77.5 Å². The summed E-state index contributed by atoms with van der Waals surface area (Å²) in [6, 6.07) is 17.7. The van der Waals surface area contributed by atoms with Crippen LogP contribution < -0.4 is 10.6 Å². The summed E-state index contributed by atoms with van der Waals surface area (Å²) in [4.78, 5) is 14.8. The van der Waals surface area contributed by atoms with Crippen molar-refractivity contribution in [3.8, 4) is 5.69 Å². The predicted molar refractivity (Wildman–Crippen MR) is 133 cm³/mol. The zero-order valence-corrected chi connectivity index (χ0v) is 20.5. The van der Waals surface area contributed by atoms with E-state index in [2.05, 4.69) is 10.6 Å². The fraction of sp³-hybridized carbons (Fsp3) is 0.407. The van der Waals surface area contributed by atoms with Crippen molar-refractivity contribution in [2.45, 2.75) is 49.7 Å². The van der Waals surface area contributed by atoms with Crippen molar-refractivity contribution < 1.29 is 26.7 Å². The summed E-state index contributed by atoms with van der Waals surface area (Å²) in [5, 5.41) is 10.6. The maximum atomic E-state index is 13.6. The number of aryl methyl sites for hydroxylation is 1. The third kappa shape index (κ3) is 5.38. The molecule has 1 saturated heterocycles. The van der Waals surface area contributed by atoms with Crippen LogP contribution in [0.25, 0.3) is 5.69 Å². The lowest BCUT2D eigenvalue weighted by Gasteiger charge is -2.23. The number of nitrogens with zero attached hydrogens (tertiary/aromatic N) is 3. The van der Waals surface area contributed by atoms with Gasteiger partial charge in [-0.05, 0) is 37.0 Å². The van der Waals surface area contributed by atoms with E-state index in [0.717, 1.165) is 41.8 Å². The molecule has 5 rings (SSSR count). The second kappa shape index (κ2) is 10.4. The third-order valence-corrected chi connectivity index (χ3v) is 7.24. The number of hydrogen-bond acceptors (Lipinski definition) is 3. The van der Waals surface area contributed by atoms with Crippen LogP contribution in [0.4, 0.5) is 32.6 Å². The first-order valence-corrected chi connectivity index (χ1v) is 12.6. The van der Waals surface area contributed by atoms with Crippen LogP contribution in [-0.4, -0.2) is 58.5 Å². The molecule has 0 spiro atoms. The third-order valence-electron chi connectivity index (χ3n) is 7.24. The predicted octanol–water partition coefficient (Wildman–Crippen LogP) is 5.54. The number of rotatable bonds is 7. The van der Waals surface area contributed by atoms with Crippen LogP contribution in [0.15, 0.2) is 60.7 Å². The Morgan fingerprint density at radius 2 is 1.63 bits per heavy atom. The number of halogens is 5. The maximum Gasteiger partial charge on any atom is 0.453 e. The van der Waals surface area contributed by atoms with Crippen molar-refractivity contribution in [1.82, 2.24) is 20.0 Å². The van der Waals surface area contributed by atoms with Gasteiger partial charge >= 0.3 is 18.1 Å². The van der Waals surface area contributed by atoms with Gasteiger partial charge in [-0.3, -0.25) is 5.32 Å². The maximum absolute atomic E-state index is 13.6. The van der Waals surface area contributed by atoms with Crippen LogP contribution in [0.3, 0.4) is 0 Å². The van der Waals surface area contributed by atoms with E-state index < -0.39 is 37.1 Å². The molecule has 0 unspecified atom stereocenters. The Balaban J connectivity index is 1.32. The number of amides is 2. The molecule has 0 radical (unpaired) electrons. The molecule has 2 aliphatic rings. The number of aromatic nitrogens is 2. The fourth-order valence-corrected chi connectivity index (χ4v) is 5.28. The van der Waals surface area contributed by atoms with Crippen molar-refractivity contribution >= 4 is 11.8 Å². The van der Waals surface area contributed by atoms with E-state index in [9.17, 15) is 26.7 Å². The highest BCUT2D eigenvalue weighted by Gasteiger charge is 2.57.